The lowest BCUT2D eigenvalue weighted by Crippen LogP contribution is -1.81. The molecule has 0 aromatic carbocycles. The maximum Gasteiger partial charge on any atom is -0.0142 e. The molecule has 0 fully saturated rings. The Hall–Kier alpha value is -0.780. The van der Waals surface area contributed by atoms with Crippen LogP contribution in [0.15, 0.2) is 37.0 Å². The molecule has 0 aliphatic carbocycles. The highest BCUT2D eigenvalue weighted by Gasteiger charge is 1.91. The summed E-state index contributed by atoms with van der Waals surface area (Å²) in [6.45, 7) is 9.50. The zero-order valence-corrected chi connectivity index (χ0v) is 7.47. The minimum atomic E-state index is 1.04. The third kappa shape index (κ3) is 5.65. The van der Waals surface area contributed by atoms with Crippen molar-refractivity contribution in [3.8, 4) is 0 Å². The number of allylic oxidation sites excluding steroid dienone is 4. The second kappa shape index (κ2) is 7.33. The molecule has 0 saturated heterocycles. The lowest BCUT2D eigenvalue weighted by atomic mass is 10.1. The van der Waals surface area contributed by atoms with Crippen molar-refractivity contribution in [2.45, 2.75) is 32.6 Å². The Kier molecular flexibility index (Phi) is 6.81. The molecule has 0 rings (SSSR count). The largest absolute Gasteiger partial charge is 0.103 e. The summed E-state index contributed by atoms with van der Waals surface area (Å²) in [4.78, 5) is 0. The predicted molar refractivity (Wildman–Crippen MR) is 52.6 cm³/mol. The fourth-order valence-corrected chi connectivity index (χ4v) is 1.02. The van der Waals surface area contributed by atoms with Crippen LogP contribution in [0.3, 0.4) is 0 Å². The molecule has 0 aliphatic heterocycles. The molecule has 0 heteroatoms. The molecule has 0 aliphatic rings. The van der Waals surface area contributed by atoms with E-state index in [-0.39, 0.29) is 0 Å². The molecule has 0 heterocycles. The normalized spacial score (nSPS) is 11.2. The van der Waals surface area contributed by atoms with Crippen LogP contribution in [0.4, 0.5) is 0 Å². The van der Waals surface area contributed by atoms with Crippen LogP contribution >= 0.6 is 0 Å². The molecular formula is C11H18. The maximum absolute atomic E-state index is 3.72. The topological polar surface area (TPSA) is 0 Å². The highest BCUT2D eigenvalue weighted by Crippen LogP contribution is 2.11. The molecule has 0 atom stereocenters. The van der Waals surface area contributed by atoms with Gasteiger partial charge in [-0.05, 0) is 32.6 Å². The van der Waals surface area contributed by atoms with Gasteiger partial charge in [-0.1, -0.05) is 23.8 Å². The van der Waals surface area contributed by atoms with Crippen LogP contribution in [-0.2, 0) is 0 Å². The summed E-state index contributed by atoms with van der Waals surface area (Å²) in [7, 11) is 0. The van der Waals surface area contributed by atoms with E-state index in [0.29, 0.717) is 0 Å². The van der Waals surface area contributed by atoms with Crippen LogP contribution < -0.4 is 0 Å². The first kappa shape index (κ1) is 10.2. The molecule has 0 radical (unpaired) electrons. The van der Waals surface area contributed by atoms with Gasteiger partial charge in [0.1, 0.15) is 0 Å². The molecule has 0 N–H and O–H groups in total. The zero-order chi connectivity index (χ0) is 8.53. The van der Waals surface area contributed by atoms with Crippen molar-refractivity contribution in [1.82, 2.24) is 0 Å². The average Bonchev–Trinajstić information content (AvgIpc) is 2.03. The Bertz CT molecular complexity index is 140. The molecule has 0 unspecified atom stereocenters. The van der Waals surface area contributed by atoms with E-state index in [1.165, 1.54) is 18.4 Å². The van der Waals surface area contributed by atoms with Crippen LogP contribution in [0.5, 0.6) is 0 Å². The SMILES string of the molecule is C=CCCCC(=CC)CC=C. The fraction of sp³-hybridized carbons (Fsp3) is 0.455. The van der Waals surface area contributed by atoms with Crippen molar-refractivity contribution in [2.75, 3.05) is 0 Å². The quantitative estimate of drug-likeness (QED) is 0.398. The Labute approximate surface area is 70.3 Å². The van der Waals surface area contributed by atoms with Gasteiger partial charge in [0.25, 0.3) is 0 Å². The Balaban J connectivity index is 3.52. The highest BCUT2D eigenvalue weighted by atomic mass is 14.0. The van der Waals surface area contributed by atoms with Gasteiger partial charge < -0.3 is 0 Å². The zero-order valence-electron chi connectivity index (χ0n) is 7.47. The van der Waals surface area contributed by atoms with Crippen LogP contribution in [0, 0.1) is 0 Å². The first-order valence-corrected chi connectivity index (χ1v) is 4.21. The van der Waals surface area contributed by atoms with Crippen LogP contribution in [0.1, 0.15) is 32.6 Å². The number of rotatable bonds is 6. The Morgan fingerprint density at radius 2 is 2.00 bits per heavy atom. The molecule has 0 spiro atoms. The summed E-state index contributed by atoms with van der Waals surface area (Å²) < 4.78 is 0. The number of unbranched alkanes of at least 4 members (excludes halogenated alkanes) is 1. The summed E-state index contributed by atoms with van der Waals surface area (Å²) >= 11 is 0. The Morgan fingerprint density at radius 3 is 2.45 bits per heavy atom. The summed E-state index contributed by atoms with van der Waals surface area (Å²) in [5.74, 6) is 0. The van der Waals surface area contributed by atoms with Crippen LogP contribution in [0.2, 0.25) is 0 Å². The van der Waals surface area contributed by atoms with Gasteiger partial charge >= 0.3 is 0 Å². The third-order valence-corrected chi connectivity index (χ3v) is 1.72. The van der Waals surface area contributed by atoms with Crippen molar-refractivity contribution in [3.05, 3.63) is 37.0 Å². The van der Waals surface area contributed by atoms with Crippen molar-refractivity contribution in [2.24, 2.45) is 0 Å². The van der Waals surface area contributed by atoms with Gasteiger partial charge in [-0.25, -0.2) is 0 Å². The molecule has 0 bridgehead atoms. The van der Waals surface area contributed by atoms with Gasteiger partial charge in [0.05, 0.1) is 0 Å². The molecule has 11 heavy (non-hydrogen) atoms. The second-order valence-electron chi connectivity index (χ2n) is 2.62. The van der Waals surface area contributed by atoms with E-state index >= 15 is 0 Å². The molecule has 62 valence electrons. The van der Waals surface area contributed by atoms with Crippen molar-refractivity contribution < 1.29 is 0 Å². The first-order valence-electron chi connectivity index (χ1n) is 4.21. The standard InChI is InChI=1S/C11H18/c1-4-7-8-10-11(6-3)9-5-2/h4-6H,1-2,7-10H2,3H3. The first-order chi connectivity index (χ1) is 5.35. The van der Waals surface area contributed by atoms with Crippen molar-refractivity contribution in [3.63, 3.8) is 0 Å². The predicted octanol–water partition coefficient (Wildman–Crippen LogP) is 3.87. The Morgan fingerprint density at radius 1 is 1.27 bits per heavy atom. The van der Waals surface area contributed by atoms with Gasteiger partial charge in [-0.15, -0.1) is 13.2 Å². The minimum absolute atomic E-state index is 1.04. The highest BCUT2D eigenvalue weighted by molar-refractivity contribution is 5.04. The van der Waals surface area contributed by atoms with E-state index in [2.05, 4.69) is 26.2 Å². The smallest absolute Gasteiger partial charge is 0.0142 e. The number of hydrogen-bond acceptors (Lipinski definition) is 0. The van der Waals surface area contributed by atoms with E-state index in [0.717, 1.165) is 12.8 Å². The third-order valence-electron chi connectivity index (χ3n) is 1.72. The van der Waals surface area contributed by atoms with Crippen LogP contribution in [-0.4, -0.2) is 0 Å². The lowest BCUT2D eigenvalue weighted by molar-refractivity contribution is 0.816. The average molecular weight is 150 g/mol. The summed E-state index contributed by atoms with van der Waals surface area (Å²) in [6, 6.07) is 0. The second-order valence-corrected chi connectivity index (χ2v) is 2.62. The van der Waals surface area contributed by atoms with Crippen LogP contribution in [0.25, 0.3) is 0 Å². The molecule has 0 nitrogen and oxygen atoms in total. The van der Waals surface area contributed by atoms with E-state index in [1.54, 1.807) is 0 Å². The molecule has 0 saturated carbocycles. The lowest BCUT2D eigenvalue weighted by Gasteiger charge is -2.01. The van der Waals surface area contributed by atoms with Gasteiger partial charge in [0.15, 0.2) is 0 Å². The van der Waals surface area contributed by atoms with E-state index in [4.69, 9.17) is 0 Å². The fourth-order valence-electron chi connectivity index (χ4n) is 1.02. The van der Waals surface area contributed by atoms with Gasteiger partial charge in [0, 0.05) is 0 Å². The minimum Gasteiger partial charge on any atom is -0.103 e. The van der Waals surface area contributed by atoms with Crippen molar-refractivity contribution >= 4 is 0 Å². The number of hydrogen-bond donors (Lipinski definition) is 0. The van der Waals surface area contributed by atoms with E-state index in [1.807, 2.05) is 12.2 Å². The van der Waals surface area contributed by atoms with E-state index < -0.39 is 0 Å². The van der Waals surface area contributed by atoms with Gasteiger partial charge in [0.2, 0.25) is 0 Å². The van der Waals surface area contributed by atoms with Crippen molar-refractivity contribution in [1.29, 1.82) is 0 Å². The molecule has 0 aromatic heterocycles. The molecule has 0 amide bonds. The molecule has 0 aromatic rings. The summed E-state index contributed by atoms with van der Waals surface area (Å²) in [5, 5.41) is 0. The summed E-state index contributed by atoms with van der Waals surface area (Å²) in [5.41, 5.74) is 1.49. The molecular weight excluding hydrogens is 132 g/mol. The monoisotopic (exact) mass is 150 g/mol. The van der Waals surface area contributed by atoms with Gasteiger partial charge in [-0.2, -0.15) is 0 Å². The summed E-state index contributed by atoms with van der Waals surface area (Å²) in [6.07, 6.45) is 10.7. The van der Waals surface area contributed by atoms with E-state index in [9.17, 15) is 0 Å². The van der Waals surface area contributed by atoms with Gasteiger partial charge in [-0.3, -0.25) is 0 Å². The maximum atomic E-state index is 3.72.